The third-order valence-electron chi connectivity index (χ3n) is 3.45. The molecule has 6 heteroatoms. The SMILES string of the molecule is CC(C)N(C)CCNCc1cc(=O)n(C)c(=O)n1C. The van der Waals surface area contributed by atoms with E-state index >= 15 is 0 Å². The maximum atomic E-state index is 11.7. The second-order valence-electron chi connectivity index (χ2n) is 5.13. The quantitative estimate of drug-likeness (QED) is 0.708. The molecule has 0 fully saturated rings. The molecule has 0 atom stereocenters. The van der Waals surface area contributed by atoms with Crippen LogP contribution in [0.2, 0.25) is 0 Å². The number of hydrogen-bond acceptors (Lipinski definition) is 4. The molecular weight excluding hydrogens is 244 g/mol. The van der Waals surface area contributed by atoms with Gasteiger partial charge in [-0.05, 0) is 20.9 Å². The normalized spacial score (nSPS) is 11.5. The number of nitrogens with one attached hydrogen (secondary N) is 1. The van der Waals surface area contributed by atoms with Crippen molar-refractivity contribution in [2.24, 2.45) is 14.1 Å². The Morgan fingerprint density at radius 3 is 2.47 bits per heavy atom. The first-order valence-corrected chi connectivity index (χ1v) is 6.51. The van der Waals surface area contributed by atoms with Gasteiger partial charge >= 0.3 is 5.69 Å². The highest BCUT2D eigenvalue weighted by atomic mass is 16.2. The minimum absolute atomic E-state index is 0.265. The van der Waals surface area contributed by atoms with Crippen LogP contribution in [0, 0.1) is 0 Å². The largest absolute Gasteiger partial charge is 0.330 e. The lowest BCUT2D eigenvalue weighted by Crippen LogP contribution is -2.39. The van der Waals surface area contributed by atoms with Gasteiger partial charge < -0.3 is 10.2 Å². The van der Waals surface area contributed by atoms with Crippen molar-refractivity contribution in [2.75, 3.05) is 20.1 Å². The smallest absolute Gasteiger partial charge is 0.310 e. The summed E-state index contributed by atoms with van der Waals surface area (Å²) in [6, 6.07) is 2.01. The summed E-state index contributed by atoms with van der Waals surface area (Å²) in [4.78, 5) is 25.5. The van der Waals surface area contributed by atoms with Crippen LogP contribution in [0.15, 0.2) is 15.7 Å². The molecule has 0 spiro atoms. The highest BCUT2D eigenvalue weighted by molar-refractivity contribution is 5.01. The summed E-state index contributed by atoms with van der Waals surface area (Å²) < 4.78 is 2.61. The summed E-state index contributed by atoms with van der Waals surface area (Å²) in [5, 5.41) is 3.25. The van der Waals surface area contributed by atoms with Gasteiger partial charge in [0.25, 0.3) is 5.56 Å². The van der Waals surface area contributed by atoms with Gasteiger partial charge in [-0.1, -0.05) is 0 Å². The Bertz CT molecular complexity index is 530. The standard InChI is InChI=1S/C13H24N4O2/c1-10(2)15(3)7-6-14-9-11-8-12(18)17(5)13(19)16(11)4/h8,10,14H,6-7,9H2,1-5H3. The fourth-order valence-electron chi connectivity index (χ4n) is 1.68. The van der Waals surface area contributed by atoms with E-state index in [2.05, 4.69) is 31.1 Å². The second-order valence-corrected chi connectivity index (χ2v) is 5.13. The van der Waals surface area contributed by atoms with Crippen LogP contribution in [0.25, 0.3) is 0 Å². The van der Waals surface area contributed by atoms with E-state index in [-0.39, 0.29) is 11.2 Å². The molecule has 0 aliphatic rings. The van der Waals surface area contributed by atoms with Crippen molar-refractivity contribution < 1.29 is 0 Å². The molecule has 6 nitrogen and oxygen atoms in total. The molecule has 1 aromatic rings. The van der Waals surface area contributed by atoms with Gasteiger partial charge in [-0.2, -0.15) is 0 Å². The summed E-state index contributed by atoms with van der Waals surface area (Å²) in [7, 11) is 5.23. The van der Waals surface area contributed by atoms with E-state index in [1.165, 1.54) is 17.7 Å². The fraction of sp³-hybridized carbons (Fsp3) is 0.692. The molecule has 0 saturated carbocycles. The van der Waals surface area contributed by atoms with Crippen LogP contribution in [-0.2, 0) is 20.6 Å². The molecule has 0 amide bonds. The van der Waals surface area contributed by atoms with Crippen LogP contribution in [0.1, 0.15) is 19.5 Å². The maximum absolute atomic E-state index is 11.7. The van der Waals surface area contributed by atoms with Crippen LogP contribution in [0.3, 0.4) is 0 Å². The molecule has 0 aromatic carbocycles. The van der Waals surface area contributed by atoms with Gasteiger partial charge in [0.15, 0.2) is 0 Å². The molecule has 1 N–H and O–H groups in total. The van der Waals surface area contributed by atoms with Crippen LogP contribution in [0.4, 0.5) is 0 Å². The van der Waals surface area contributed by atoms with Gasteiger partial charge in [0.1, 0.15) is 0 Å². The van der Waals surface area contributed by atoms with Gasteiger partial charge in [-0.3, -0.25) is 13.9 Å². The van der Waals surface area contributed by atoms with Crippen molar-refractivity contribution in [3.63, 3.8) is 0 Å². The molecule has 1 rings (SSSR count). The Morgan fingerprint density at radius 1 is 1.26 bits per heavy atom. The molecule has 0 unspecified atom stereocenters. The van der Waals surface area contributed by atoms with E-state index in [1.807, 2.05) is 0 Å². The number of rotatable bonds is 6. The lowest BCUT2D eigenvalue weighted by Gasteiger charge is -2.21. The fourth-order valence-corrected chi connectivity index (χ4v) is 1.68. The van der Waals surface area contributed by atoms with Crippen LogP contribution >= 0.6 is 0 Å². The molecule has 1 heterocycles. The molecule has 108 valence electrons. The average Bonchev–Trinajstić information content (AvgIpc) is 2.37. The van der Waals surface area contributed by atoms with Gasteiger partial charge in [0.2, 0.25) is 0 Å². The monoisotopic (exact) mass is 268 g/mol. The van der Waals surface area contributed by atoms with E-state index in [0.29, 0.717) is 18.3 Å². The molecule has 0 bridgehead atoms. The Labute approximate surface area is 113 Å². The van der Waals surface area contributed by atoms with Crippen LogP contribution in [-0.4, -0.2) is 40.2 Å². The molecule has 0 aliphatic carbocycles. The third-order valence-corrected chi connectivity index (χ3v) is 3.45. The third kappa shape index (κ3) is 4.04. The van der Waals surface area contributed by atoms with Crippen LogP contribution < -0.4 is 16.6 Å². The zero-order valence-corrected chi connectivity index (χ0v) is 12.4. The summed E-state index contributed by atoms with van der Waals surface area (Å²) in [5.74, 6) is 0. The van der Waals surface area contributed by atoms with Crippen molar-refractivity contribution in [1.29, 1.82) is 0 Å². The van der Waals surface area contributed by atoms with Gasteiger partial charge in [0.05, 0.1) is 0 Å². The Morgan fingerprint density at radius 2 is 1.89 bits per heavy atom. The topological polar surface area (TPSA) is 59.3 Å². The Hall–Kier alpha value is -1.40. The summed E-state index contributed by atoms with van der Waals surface area (Å²) in [6.45, 7) is 6.55. The first-order chi connectivity index (χ1) is 8.84. The van der Waals surface area contributed by atoms with Gasteiger partial charge in [0, 0.05) is 51.5 Å². The second kappa shape index (κ2) is 6.68. The van der Waals surface area contributed by atoms with Crippen molar-refractivity contribution in [3.05, 3.63) is 32.6 Å². The molecule has 1 aromatic heterocycles. The van der Waals surface area contributed by atoms with E-state index in [0.717, 1.165) is 17.7 Å². The predicted molar refractivity (Wildman–Crippen MR) is 76.4 cm³/mol. The summed E-state index contributed by atoms with van der Waals surface area (Å²) in [6.07, 6.45) is 0. The first-order valence-electron chi connectivity index (χ1n) is 6.51. The van der Waals surface area contributed by atoms with E-state index < -0.39 is 0 Å². The molecule has 19 heavy (non-hydrogen) atoms. The number of nitrogens with zero attached hydrogens (tertiary/aromatic N) is 3. The zero-order valence-electron chi connectivity index (χ0n) is 12.4. The van der Waals surface area contributed by atoms with Crippen LogP contribution in [0.5, 0.6) is 0 Å². The Balaban J connectivity index is 2.60. The lowest BCUT2D eigenvalue weighted by molar-refractivity contribution is 0.273. The first kappa shape index (κ1) is 15.7. The minimum atomic E-state index is -0.288. The van der Waals surface area contributed by atoms with Gasteiger partial charge in [-0.25, -0.2) is 4.79 Å². The highest BCUT2D eigenvalue weighted by Gasteiger charge is 2.06. The lowest BCUT2D eigenvalue weighted by atomic mass is 10.3. The van der Waals surface area contributed by atoms with Gasteiger partial charge in [-0.15, -0.1) is 0 Å². The number of hydrogen-bond donors (Lipinski definition) is 1. The van der Waals surface area contributed by atoms with E-state index in [1.54, 1.807) is 7.05 Å². The molecular formula is C13H24N4O2. The highest BCUT2D eigenvalue weighted by Crippen LogP contribution is 1.92. The summed E-state index contributed by atoms with van der Waals surface area (Å²) >= 11 is 0. The molecule has 0 saturated heterocycles. The van der Waals surface area contributed by atoms with Crippen molar-refractivity contribution >= 4 is 0 Å². The molecule has 0 radical (unpaired) electrons. The van der Waals surface area contributed by atoms with Crippen molar-refractivity contribution in [3.8, 4) is 0 Å². The van der Waals surface area contributed by atoms with Crippen molar-refractivity contribution in [2.45, 2.75) is 26.4 Å². The number of likely N-dealkylation sites (N-methyl/N-ethyl adjacent to an activating group) is 1. The van der Waals surface area contributed by atoms with E-state index in [4.69, 9.17) is 0 Å². The van der Waals surface area contributed by atoms with Crippen molar-refractivity contribution in [1.82, 2.24) is 19.4 Å². The molecule has 0 aliphatic heterocycles. The van der Waals surface area contributed by atoms with E-state index in [9.17, 15) is 9.59 Å². The number of aromatic nitrogens is 2. The average molecular weight is 268 g/mol. The Kier molecular flexibility index (Phi) is 5.50. The summed E-state index contributed by atoms with van der Waals surface area (Å²) in [5.41, 5.74) is 0.156. The maximum Gasteiger partial charge on any atom is 0.330 e. The predicted octanol–water partition coefficient (Wildman–Crippen LogP) is -0.486. The minimum Gasteiger partial charge on any atom is -0.310 e. The zero-order chi connectivity index (χ0) is 14.6.